The molecule has 0 spiro atoms. The van der Waals surface area contributed by atoms with Gasteiger partial charge in [0.15, 0.2) is 23.5 Å². The normalized spacial score (nSPS) is 26.4. The molecule has 0 saturated carbocycles. The highest BCUT2D eigenvalue weighted by Crippen LogP contribution is 2.34. The standard InChI is InChI=1S/C56H71N9O23S/c1-4-5-6-17-86-32-14-11-28(12-15-32)39-21-33(63-87-39)27-7-9-29(10-8-27)49(75)58-34-20-38(70)52(78)62-54(80)45-46(72)25(2)23-65(45)56(82)43(37(69)22-41(57)71)60-53(79)44(48(74)47(73)30-13-16-36(68)40(18-30)88-89(83,84)85)61-51(77)35-19-31(67)24-64(35)55(81)42(26(3)66)59-50(34)76/h7-16,18,21,25-26,31,34-35,37-38,42-48,52,66-70,72-74,78H,4-6,17,19-20,22-24H2,1-3H3,(H2,57,71)(H,58,75)(H,59,76)(H,60,79)(H,61,77)(H,62,80)(H,83,84,85)/t25-,26-,31+,34-,35-,37+,38-,42-,43-,44-,45-,46-,47-,48-,52-/m0/s1. The van der Waals surface area contributed by atoms with Crippen molar-refractivity contribution in [2.75, 3.05) is 19.7 Å². The van der Waals surface area contributed by atoms with E-state index in [4.69, 9.17) is 15.0 Å². The van der Waals surface area contributed by atoms with Crippen molar-refractivity contribution >= 4 is 57.7 Å². The van der Waals surface area contributed by atoms with Crippen LogP contribution in [0.4, 0.5) is 0 Å². The number of nitrogens with zero attached hydrogens (tertiary/aromatic N) is 3. The van der Waals surface area contributed by atoms with Crippen LogP contribution in [0.5, 0.6) is 17.2 Å². The van der Waals surface area contributed by atoms with E-state index in [-0.39, 0.29) is 5.56 Å². The predicted octanol–water partition coefficient (Wildman–Crippen LogP) is -3.90. The summed E-state index contributed by atoms with van der Waals surface area (Å²) in [6.07, 6.45) is -17.3. The summed E-state index contributed by atoms with van der Waals surface area (Å²) in [6.45, 7) is 3.74. The van der Waals surface area contributed by atoms with E-state index in [1.807, 2.05) is 10.6 Å². The zero-order valence-electron chi connectivity index (χ0n) is 48.1. The zero-order valence-corrected chi connectivity index (χ0v) is 48.9. The molecule has 1 aromatic heterocycles. The second kappa shape index (κ2) is 29.3. The van der Waals surface area contributed by atoms with E-state index in [0.29, 0.717) is 56.9 Å². The summed E-state index contributed by atoms with van der Waals surface area (Å²) in [5, 5.41) is 116. The minimum atomic E-state index is -5.35. The molecule has 17 N–H and O–H groups in total. The summed E-state index contributed by atoms with van der Waals surface area (Å²) in [7, 11) is -5.35. The first-order valence-electron chi connectivity index (χ1n) is 28.1. The molecule has 3 fully saturated rings. The largest absolute Gasteiger partial charge is 0.504 e. The number of carbonyl (C=O) groups excluding carboxylic acids is 8. The summed E-state index contributed by atoms with van der Waals surface area (Å²) in [4.78, 5) is 115. The van der Waals surface area contributed by atoms with Crippen molar-refractivity contribution in [2.45, 2.75) is 145 Å². The van der Waals surface area contributed by atoms with Crippen LogP contribution in [0, 0.1) is 5.92 Å². The number of phenols is 1. The zero-order chi connectivity index (χ0) is 65.3. The Hall–Kier alpha value is -8.38. The number of carbonyl (C=O) groups is 8. The second-order valence-electron chi connectivity index (χ2n) is 21.9. The third-order valence-electron chi connectivity index (χ3n) is 15.2. The van der Waals surface area contributed by atoms with Crippen LogP contribution in [0.25, 0.3) is 22.6 Å². The molecule has 3 aliphatic rings. The summed E-state index contributed by atoms with van der Waals surface area (Å²) in [5.74, 6) is -12.9. The molecular weight excluding hydrogens is 1200 g/mol. The fraction of sp³-hybridized carbons (Fsp3) is 0.482. The van der Waals surface area contributed by atoms with Crippen LogP contribution in [-0.2, 0) is 44.0 Å². The molecular formula is C56H71N9O23S. The molecule has 0 unspecified atom stereocenters. The molecule has 0 aliphatic carbocycles. The summed E-state index contributed by atoms with van der Waals surface area (Å²) in [6, 6.07) is 3.52. The van der Waals surface area contributed by atoms with E-state index in [0.717, 1.165) is 32.3 Å². The van der Waals surface area contributed by atoms with Crippen molar-refractivity contribution in [2.24, 2.45) is 11.7 Å². The van der Waals surface area contributed by atoms with Crippen LogP contribution in [0.1, 0.15) is 81.3 Å². The first kappa shape index (κ1) is 68.1. The van der Waals surface area contributed by atoms with Crippen LogP contribution in [0.3, 0.4) is 0 Å². The number of hydrogen-bond donors (Lipinski definition) is 16. The van der Waals surface area contributed by atoms with Crippen LogP contribution in [0.15, 0.2) is 77.3 Å². The van der Waals surface area contributed by atoms with E-state index in [9.17, 15) is 97.3 Å². The number of unbranched alkanes of at least 4 members (excludes halogenated alkanes) is 2. The van der Waals surface area contributed by atoms with Gasteiger partial charge < -0.3 is 102 Å². The van der Waals surface area contributed by atoms with Gasteiger partial charge in [0.25, 0.3) is 5.91 Å². The van der Waals surface area contributed by atoms with Gasteiger partial charge in [-0.15, -0.1) is 0 Å². The number of benzene rings is 3. The quantitative estimate of drug-likeness (QED) is 0.0334. The van der Waals surface area contributed by atoms with E-state index in [2.05, 4.69) is 32.2 Å². The number of aliphatic hydroxyl groups is 8. The molecule has 15 atom stereocenters. The molecule has 0 bridgehead atoms. The number of amides is 8. The number of hydrogen-bond acceptors (Lipinski definition) is 23. The number of primary amides is 1. The van der Waals surface area contributed by atoms with Gasteiger partial charge in [-0.25, -0.2) is 0 Å². The van der Waals surface area contributed by atoms with Crippen molar-refractivity contribution in [1.82, 2.24) is 41.5 Å². The molecule has 3 aliphatic heterocycles. The van der Waals surface area contributed by atoms with Gasteiger partial charge in [0.05, 0.1) is 37.4 Å². The average molecular weight is 1270 g/mol. The molecule has 0 radical (unpaired) electrons. The van der Waals surface area contributed by atoms with Crippen LogP contribution < -0.4 is 41.2 Å². The number of fused-ring (bicyclic) bond motifs is 2. The van der Waals surface area contributed by atoms with Crippen molar-refractivity contribution < 1.29 is 111 Å². The number of aromatic nitrogens is 1. The van der Waals surface area contributed by atoms with Crippen molar-refractivity contribution in [3.63, 3.8) is 0 Å². The van der Waals surface area contributed by atoms with Gasteiger partial charge in [-0.3, -0.25) is 42.9 Å². The lowest BCUT2D eigenvalue weighted by Gasteiger charge is -2.34. The van der Waals surface area contributed by atoms with Crippen LogP contribution >= 0.6 is 0 Å². The monoisotopic (exact) mass is 1270 g/mol. The number of nitrogens with one attached hydrogen (secondary N) is 5. The van der Waals surface area contributed by atoms with Crippen molar-refractivity contribution in [3.05, 3.63) is 83.9 Å². The van der Waals surface area contributed by atoms with Crippen LogP contribution in [-0.4, -0.2) is 220 Å². The number of rotatable bonds is 18. The van der Waals surface area contributed by atoms with Gasteiger partial charge in [0.2, 0.25) is 41.4 Å². The average Bonchev–Trinajstić information content (AvgIpc) is 2.76. The summed E-state index contributed by atoms with van der Waals surface area (Å²) in [5.41, 5.74) is 6.17. The minimum Gasteiger partial charge on any atom is -0.504 e. The Bertz CT molecular complexity index is 3340. The summed E-state index contributed by atoms with van der Waals surface area (Å²) < 4.78 is 48.1. The maximum atomic E-state index is 14.7. The Kier molecular flexibility index (Phi) is 22.4. The fourth-order valence-corrected chi connectivity index (χ4v) is 10.7. The SMILES string of the molecule is CCCCCOc1ccc(-c2cc(-c3ccc(C(=O)N[C@H]4C[C@H](O)[C@H](O)NC(=O)[C@@H]5[C@@H](O)[C@@H](C)CN5C(=O)[C@H]([C@H](O)CC(N)=O)NC(=O)[C@H]([C@H](O)[C@@H](O)c5ccc(O)c(OS(=O)(=O)O)c5)NC(=O)[C@@H]5C[C@@H](O)CN5C(=O)[C@H]([C@H](C)O)NC4=O)cc3)no2)cc1. The molecule has 89 heavy (non-hydrogen) atoms. The Morgan fingerprint density at radius 3 is 2.07 bits per heavy atom. The van der Waals surface area contributed by atoms with Gasteiger partial charge in [-0.05, 0) is 67.4 Å². The fourth-order valence-electron chi connectivity index (χ4n) is 10.3. The molecule has 484 valence electrons. The third kappa shape index (κ3) is 16.9. The van der Waals surface area contributed by atoms with Gasteiger partial charge >= 0.3 is 10.4 Å². The first-order chi connectivity index (χ1) is 42.0. The predicted molar refractivity (Wildman–Crippen MR) is 304 cm³/mol. The highest BCUT2D eigenvalue weighted by molar-refractivity contribution is 7.81. The molecule has 33 heteroatoms. The van der Waals surface area contributed by atoms with Gasteiger partial charge in [-0.2, -0.15) is 8.42 Å². The van der Waals surface area contributed by atoms with Gasteiger partial charge in [-0.1, -0.05) is 50.0 Å². The van der Waals surface area contributed by atoms with Crippen LogP contribution in [0.2, 0.25) is 0 Å². The number of phenolic OH excluding ortho intramolecular Hbond substituents is 1. The Labute approximate surface area is 507 Å². The molecule has 4 heterocycles. The van der Waals surface area contributed by atoms with Gasteiger partial charge in [0.1, 0.15) is 66.0 Å². The molecule has 3 aromatic carbocycles. The number of aromatic hydroxyl groups is 1. The van der Waals surface area contributed by atoms with E-state index < -0.39 is 198 Å². The molecule has 7 rings (SSSR count). The Morgan fingerprint density at radius 2 is 1.43 bits per heavy atom. The van der Waals surface area contributed by atoms with E-state index >= 15 is 0 Å². The Morgan fingerprint density at radius 1 is 0.787 bits per heavy atom. The number of nitrogens with two attached hydrogens (primary N) is 1. The number of ether oxygens (including phenoxy) is 1. The minimum absolute atomic E-state index is 0.107. The third-order valence-corrected chi connectivity index (χ3v) is 15.6. The maximum Gasteiger partial charge on any atom is 0.446 e. The highest BCUT2D eigenvalue weighted by atomic mass is 32.3. The molecule has 8 amide bonds. The smallest absolute Gasteiger partial charge is 0.446 e. The topological polar surface area (TPSA) is 510 Å². The lowest BCUT2D eigenvalue weighted by Crippen LogP contribution is -2.64. The highest BCUT2D eigenvalue weighted by Gasteiger charge is 2.51. The lowest BCUT2D eigenvalue weighted by molar-refractivity contribution is -0.149. The first-order valence-corrected chi connectivity index (χ1v) is 29.5. The summed E-state index contributed by atoms with van der Waals surface area (Å²) >= 11 is 0. The second-order valence-corrected chi connectivity index (χ2v) is 22.9. The lowest BCUT2D eigenvalue weighted by atomic mass is 9.96. The van der Waals surface area contributed by atoms with Crippen molar-refractivity contribution in [3.8, 4) is 39.8 Å². The van der Waals surface area contributed by atoms with E-state index in [1.54, 1.807) is 30.3 Å². The number of aliphatic hydroxyl groups excluding tert-OH is 8. The van der Waals surface area contributed by atoms with E-state index in [1.165, 1.54) is 31.2 Å². The molecule has 4 aromatic rings. The maximum absolute atomic E-state index is 14.7. The Balaban J connectivity index is 1.22. The van der Waals surface area contributed by atoms with Gasteiger partial charge in [0, 0.05) is 54.6 Å². The molecule has 32 nitrogen and oxygen atoms in total. The van der Waals surface area contributed by atoms with Crippen molar-refractivity contribution in [1.29, 1.82) is 0 Å². The molecule has 3 saturated heterocycles.